The summed E-state index contributed by atoms with van der Waals surface area (Å²) in [5.74, 6) is 0. The molecular formula is C38H31BN2O4. The molecule has 0 amide bonds. The largest absolute Gasteiger partial charge is 0.494 e. The Bertz CT molecular complexity index is 2410. The van der Waals surface area contributed by atoms with Crippen molar-refractivity contribution in [1.29, 1.82) is 0 Å². The molecule has 7 aromatic rings. The van der Waals surface area contributed by atoms with Crippen LogP contribution in [-0.4, -0.2) is 27.5 Å². The molecule has 0 N–H and O–H groups in total. The molecule has 0 unspecified atom stereocenters. The third-order valence-electron chi connectivity index (χ3n) is 9.59. The highest BCUT2D eigenvalue weighted by Gasteiger charge is 2.51. The summed E-state index contributed by atoms with van der Waals surface area (Å²) in [5.41, 5.74) is 2.66. The Morgan fingerprint density at radius 2 is 1.04 bits per heavy atom. The average molecular weight is 590 g/mol. The van der Waals surface area contributed by atoms with Gasteiger partial charge in [-0.3, -0.25) is 9.59 Å². The zero-order valence-corrected chi connectivity index (χ0v) is 25.6. The zero-order valence-electron chi connectivity index (χ0n) is 25.6. The number of hydrogen-bond acceptors (Lipinski definition) is 4. The Hall–Kier alpha value is -4.98. The minimum Gasteiger partial charge on any atom is -0.399 e. The summed E-state index contributed by atoms with van der Waals surface area (Å²) in [7, 11) is -0.545. The Kier molecular flexibility index (Phi) is 5.98. The molecule has 0 saturated carbocycles. The molecule has 1 aliphatic heterocycles. The smallest absolute Gasteiger partial charge is 0.399 e. The average Bonchev–Trinajstić information content (AvgIpc) is 3.46. The number of hydrogen-bond donors (Lipinski definition) is 0. The van der Waals surface area contributed by atoms with E-state index in [0.717, 1.165) is 43.7 Å². The van der Waals surface area contributed by atoms with Gasteiger partial charge in [-0.15, -0.1) is 0 Å². The molecule has 0 radical (unpaired) electrons. The fraction of sp³-hybridized carbons (Fsp3) is 0.158. The second-order valence-corrected chi connectivity index (χ2v) is 12.8. The van der Waals surface area contributed by atoms with Crippen molar-refractivity contribution in [2.45, 2.75) is 38.9 Å². The topological polar surface area (TPSA) is 62.5 Å². The fourth-order valence-corrected chi connectivity index (χ4v) is 6.50. The standard InChI is InChI=1S/C38H31BN2O4/c1-37(2)38(3,4)45-39(44-37)24-18-20-26(21-19-24)41-35(42)29-16-9-8-14-27(29)30-23-34-31(22-32(30)36(41)43)28-15-10-11-17-33(28)40(34)25-12-6-5-7-13-25/h5-23H,1-4H3. The van der Waals surface area contributed by atoms with E-state index < -0.39 is 18.3 Å². The minimum absolute atomic E-state index is 0.365. The Balaban J connectivity index is 1.41. The van der Waals surface area contributed by atoms with Gasteiger partial charge >= 0.3 is 7.12 Å². The predicted molar refractivity (Wildman–Crippen MR) is 183 cm³/mol. The molecule has 2 aromatic heterocycles. The van der Waals surface area contributed by atoms with E-state index in [4.69, 9.17) is 9.31 Å². The van der Waals surface area contributed by atoms with Gasteiger partial charge in [0.2, 0.25) is 0 Å². The van der Waals surface area contributed by atoms with Crippen LogP contribution in [0.4, 0.5) is 0 Å². The first-order valence-corrected chi connectivity index (χ1v) is 15.2. The van der Waals surface area contributed by atoms with Crippen LogP contribution in [0.2, 0.25) is 0 Å². The highest BCUT2D eigenvalue weighted by atomic mass is 16.7. The molecule has 1 fully saturated rings. The summed E-state index contributed by atoms with van der Waals surface area (Å²) in [6.07, 6.45) is 0. The third-order valence-corrected chi connectivity index (χ3v) is 9.59. The number of fused-ring (bicyclic) bond motifs is 6. The van der Waals surface area contributed by atoms with Crippen molar-refractivity contribution in [3.05, 3.63) is 136 Å². The molecule has 1 saturated heterocycles. The number of nitrogens with zero attached hydrogens (tertiary/aromatic N) is 2. The summed E-state index contributed by atoms with van der Waals surface area (Å²) < 4.78 is 16.0. The first kappa shape index (κ1) is 27.6. The van der Waals surface area contributed by atoms with E-state index in [2.05, 4.69) is 34.9 Å². The lowest BCUT2D eigenvalue weighted by atomic mass is 9.79. The molecule has 0 bridgehead atoms. The molecule has 7 heteroatoms. The highest BCUT2D eigenvalue weighted by molar-refractivity contribution is 6.62. The number of benzene rings is 5. The maximum atomic E-state index is 14.5. The summed E-state index contributed by atoms with van der Waals surface area (Å²) in [4.78, 5) is 28.7. The van der Waals surface area contributed by atoms with E-state index in [0.29, 0.717) is 16.5 Å². The van der Waals surface area contributed by atoms with Crippen LogP contribution in [0.1, 0.15) is 27.7 Å². The van der Waals surface area contributed by atoms with E-state index in [1.807, 2.05) is 94.4 Å². The van der Waals surface area contributed by atoms with Gasteiger partial charge in [-0.05, 0) is 92.5 Å². The van der Waals surface area contributed by atoms with E-state index in [1.165, 1.54) is 4.57 Å². The van der Waals surface area contributed by atoms with E-state index in [1.54, 1.807) is 18.2 Å². The van der Waals surface area contributed by atoms with Crippen molar-refractivity contribution >= 4 is 55.9 Å². The molecule has 6 nitrogen and oxygen atoms in total. The Morgan fingerprint density at radius 1 is 0.489 bits per heavy atom. The summed E-state index contributed by atoms with van der Waals surface area (Å²) in [6.45, 7) is 8.05. The lowest BCUT2D eigenvalue weighted by Gasteiger charge is -2.32. The second kappa shape index (κ2) is 9.76. The van der Waals surface area contributed by atoms with Crippen molar-refractivity contribution in [2.24, 2.45) is 0 Å². The molecule has 5 aromatic carbocycles. The maximum absolute atomic E-state index is 14.5. The van der Waals surface area contributed by atoms with Gasteiger partial charge in [0.05, 0.1) is 27.9 Å². The minimum atomic E-state index is -0.545. The molecule has 1 aliphatic rings. The Labute approximate surface area is 260 Å². The van der Waals surface area contributed by atoms with Gasteiger partial charge in [0.1, 0.15) is 0 Å². The van der Waals surface area contributed by atoms with Gasteiger partial charge in [0, 0.05) is 27.2 Å². The van der Waals surface area contributed by atoms with E-state index in [9.17, 15) is 9.59 Å². The molecule has 45 heavy (non-hydrogen) atoms. The number of para-hydroxylation sites is 2. The SMILES string of the molecule is CC1(C)OB(c2ccc(-n3c(=O)c4ccccc4c4cc5c(cc4c3=O)c3ccccc3n5-c3ccccc3)cc2)OC1(C)C. The summed E-state index contributed by atoms with van der Waals surface area (Å²) in [5, 5.41) is 4.40. The van der Waals surface area contributed by atoms with Gasteiger partial charge in [-0.2, -0.15) is 0 Å². The Morgan fingerprint density at radius 3 is 1.73 bits per heavy atom. The van der Waals surface area contributed by atoms with Crippen molar-refractivity contribution < 1.29 is 9.31 Å². The van der Waals surface area contributed by atoms with Crippen molar-refractivity contribution in [3.8, 4) is 11.4 Å². The van der Waals surface area contributed by atoms with Gasteiger partial charge in [0.25, 0.3) is 11.1 Å². The predicted octanol–water partition coefficient (Wildman–Crippen LogP) is 6.90. The third kappa shape index (κ3) is 4.11. The fourth-order valence-electron chi connectivity index (χ4n) is 6.50. The maximum Gasteiger partial charge on any atom is 0.494 e. The summed E-state index contributed by atoms with van der Waals surface area (Å²) in [6, 6.07) is 37.2. The first-order chi connectivity index (χ1) is 21.6. The molecular weight excluding hydrogens is 559 g/mol. The van der Waals surface area contributed by atoms with Gasteiger partial charge in [-0.25, -0.2) is 4.57 Å². The second-order valence-electron chi connectivity index (χ2n) is 12.8. The van der Waals surface area contributed by atoms with Crippen LogP contribution in [0.15, 0.2) is 125 Å². The van der Waals surface area contributed by atoms with Gasteiger partial charge in [0.15, 0.2) is 0 Å². The zero-order chi connectivity index (χ0) is 31.1. The van der Waals surface area contributed by atoms with Crippen molar-refractivity contribution in [1.82, 2.24) is 9.13 Å². The monoisotopic (exact) mass is 590 g/mol. The summed E-state index contributed by atoms with van der Waals surface area (Å²) >= 11 is 0. The van der Waals surface area contributed by atoms with Gasteiger partial charge in [-0.1, -0.05) is 66.7 Å². The number of rotatable bonds is 3. The highest BCUT2D eigenvalue weighted by Crippen LogP contribution is 2.37. The lowest BCUT2D eigenvalue weighted by molar-refractivity contribution is 0.00578. The molecule has 0 aliphatic carbocycles. The number of aromatic nitrogens is 2. The van der Waals surface area contributed by atoms with Crippen LogP contribution in [0.5, 0.6) is 0 Å². The van der Waals surface area contributed by atoms with Crippen LogP contribution >= 0.6 is 0 Å². The van der Waals surface area contributed by atoms with Crippen LogP contribution < -0.4 is 16.6 Å². The van der Waals surface area contributed by atoms with Crippen molar-refractivity contribution in [2.75, 3.05) is 0 Å². The lowest BCUT2D eigenvalue weighted by Crippen LogP contribution is -2.41. The normalized spacial score (nSPS) is 15.9. The van der Waals surface area contributed by atoms with Crippen LogP contribution in [-0.2, 0) is 9.31 Å². The van der Waals surface area contributed by atoms with Crippen LogP contribution in [0, 0.1) is 0 Å². The molecule has 0 atom stereocenters. The van der Waals surface area contributed by atoms with Gasteiger partial charge < -0.3 is 13.9 Å². The molecule has 220 valence electrons. The van der Waals surface area contributed by atoms with E-state index in [-0.39, 0.29) is 11.1 Å². The van der Waals surface area contributed by atoms with E-state index >= 15 is 0 Å². The first-order valence-electron chi connectivity index (χ1n) is 15.2. The quantitative estimate of drug-likeness (QED) is 0.210. The molecule has 3 heterocycles. The molecule has 8 rings (SSSR count). The molecule has 0 spiro atoms. The van der Waals surface area contributed by atoms with Crippen LogP contribution in [0.3, 0.4) is 0 Å². The van der Waals surface area contributed by atoms with Crippen molar-refractivity contribution in [3.63, 3.8) is 0 Å². The van der Waals surface area contributed by atoms with Crippen LogP contribution in [0.25, 0.3) is 54.7 Å².